The number of nitrogens with zero attached hydrogens (tertiary/aromatic N) is 3. The third-order valence-electron chi connectivity index (χ3n) is 3.06. The Hall–Kier alpha value is -1.20. The fourth-order valence-corrected chi connectivity index (χ4v) is 2.13. The van der Waals surface area contributed by atoms with Crippen LogP contribution in [0.5, 0.6) is 0 Å². The Bertz CT molecular complexity index is 374. The molecule has 1 N–H and O–H groups in total. The Labute approximate surface area is 94.8 Å². The van der Waals surface area contributed by atoms with Gasteiger partial charge in [-0.15, -0.1) is 0 Å². The van der Waals surface area contributed by atoms with Crippen LogP contribution < -0.4 is 10.2 Å². The van der Waals surface area contributed by atoms with Crippen LogP contribution in [0.25, 0.3) is 0 Å². The molecule has 0 unspecified atom stereocenters. The van der Waals surface area contributed by atoms with Gasteiger partial charge < -0.3 is 15.0 Å². The summed E-state index contributed by atoms with van der Waals surface area (Å²) < 4.78 is 5.35. The first-order chi connectivity index (χ1) is 7.93. The van der Waals surface area contributed by atoms with Gasteiger partial charge in [0.25, 0.3) is 0 Å². The van der Waals surface area contributed by atoms with E-state index in [-0.39, 0.29) is 0 Å². The molecule has 0 saturated carbocycles. The standard InChI is InChI=1S/C11H16N4O/c1-2-12-3-5-15(4-1)11-13-6-9-7-16-8-10(9)14-11/h6,12H,1-5,7-8H2. The van der Waals surface area contributed by atoms with Crippen molar-refractivity contribution in [2.45, 2.75) is 19.6 Å². The maximum Gasteiger partial charge on any atom is 0.225 e. The summed E-state index contributed by atoms with van der Waals surface area (Å²) in [6, 6.07) is 0. The van der Waals surface area contributed by atoms with E-state index in [2.05, 4.69) is 20.2 Å². The quantitative estimate of drug-likeness (QED) is 0.738. The highest BCUT2D eigenvalue weighted by Gasteiger charge is 2.17. The smallest absolute Gasteiger partial charge is 0.225 e. The predicted octanol–water partition coefficient (Wildman–Crippen LogP) is 0.306. The highest BCUT2D eigenvalue weighted by atomic mass is 16.5. The lowest BCUT2D eigenvalue weighted by molar-refractivity contribution is 0.133. The minimum Gasteiger partial charge on any atom is -0.370 e. The van der Waals surface area contributed by atoms with Crippen LogP contribution in [-0.4, -0.2) is 36.1 Å². The van der Waals surface area contributed by atoms with Gasteiger partial charge in [-0.3, -0.25) is 0 Å². The first kappa shape index (κ1) is 9.99. The van der Waals surface area contributed by atoms with Gasteiger partial charge in [0, 0.05) is 31.4 Å². The number of hydrogen-bond acceptors (Lipinski definition) is 5. The van der Waals surface area contributed by atoms with Crippen LogP contribution in [0.4, 0.5) is 5.95 Å². The number of aromatic nitrogens is 2. The maximum atomic E-state index is 5.35. The van der Waals surface area contributed by atoms with Crippen LogP contribution in [-0.2, 0) is 18.0 Å². The van der Waals surface area contributed by atoms with Gasteiger partial charge in [-0.2, -0.15) is 0 Å². The second-order valence-electron chi connectivity index (χ2n) is 4.23. The van der Waals surface area contributed by atoms with Crippen molar-refractivity contribution in [3.8, 4) is 0 Å². The van der Waals surface area contributed by atoms with E-state index in [1.54, 1.807) is 0 Å². The number of ether oxygens (including phenoxy) is 1. The van der Waals surface area contributed by atoms with E-state index in [1.807, 2.05) is 6.20 Å². The van der Waals surface area contributed by atoms with E-state index < -0.39 is 0 Å². The van der Waals surface area contributed by atoms with E-state index in [4.69, 9.17) is 4.74 Å². The van der Waals surface area contributed by atoms with Crippen LogP contribution in [0.2, 0.25) is 0 Å². The van der Waals surface area contributed by atoms with Crippen LogP contribution in [0, 0.1) is 0 Å². The maximum absolute atomic E-state index is 5.35. The Morgan fingerprint density at radius 3 is 3.25 bits per heavy atom. The van der Waals surface area contributed by atoms with Gasteiger partial charge in [-0.25, -0.2) is 9.97 Å². The van der Waals surface area contributed by atoms with Gasteiger partial charge in [0.1, 0.15) is 0 Å². The summed E-state index contributed by atoms with van der Waals surface area (Å²) in [6.07, 6.45) is 3.06. The molecule has 1 aromatic heterocycles. The third-order valence-corrected chi connectivity index (χ3v) is 3.06. The van der Waals surface area contributed by atoms with Crippen molar-refractivity contribution in [2.24, 2.45) is 0 Å². The molecule has 2 aliphatic rings. The molecule has 0 aliphatic carbocycles. The highest BCUT2D eigenvalue weighted by Crippen LogP contribution is 2.19. The molecule has 1 saturated heterocycles. The summed E-state index contributed by atoms with van der Waals surface area (Å²) in [5.41, 5.74) is 2.19. The molecule has 1 aromatic rings. The molecular formula is C11H16N4O. The van der Waals surface area contributed by atoms with Crippen molar-refractivity contribution >= 4 is 5.95 Å². The van der Waals surface area contributed by atoms with Crippen LogP contribution >= 0.6 is 0 Å². The lowest BCUT2D eigenvalue weighted by Gasteiger charge is -2.19. The molecule has 16 heavy (non-hydrogen) atoms. The van der Waals surface area contributed by atoms with Crippen molar-refractivity contribution in [3.63, 3.8) is 0 Å². The molecule has 0 bridgehead atoms. The average molecular weight is 220 g/mol. The van der Waals surface area contributed by atoms with E-state index in [1.165, 1.54) is 0 Å². The minimum absolute atomic E-state index is 0.636. The normalized spacial score (nSPS) is 20.6. The molecule has 0 aromatic carbocycles. The second kappa shape index (κ2) is 4.35. The molecule has 5 nitrogen and oxygen atoms in total. The molecule has 5 heteroatoms. The summed E-state index contributed by atoms with van der Waals surface area (Å²) >= 11 is 0. The lowest BCUT2D eigenvalue weighted by atomic mass is 10.3. The summed E-state index contributed by atoms with van der Waals surface area (Å²) in [5.74, 6) is 0.855. The molecule has 2 aliphatic heterocycles. The number of fused-ring (bicyclic) bond motifs is 1. The van der Waals surface area contributed by atoms with Crippen molar-refractivity contribution in [3.05, 3.63) is 17.5 Å². The molecule has 3 rings (SSSR count). The number of hydrogen-bond donors (Lipinski definition) is 1. The first-order valence-corrected chi connectivity index (χ1v) is 5.82. The zero-order chi connectivity index (χ0) is 10.8. The summed E-state index contributed by atoms with van der Waals surface area (Å²) in [5, 5.41) is 3.38. The Morgan fingerprint density at radius 1 is 1.25 bits per heavy atom. The fourth-order valence-electron chi connectivity index (χ4n) is 2.13. The molecule has 0 radical (unpaired) electrons. The molecule has 0 amide bonds. The average Bonchev–Trinajstić information content (AvgIpc) is 2.61. The molecule has 0 atom stereocenters. The lowest BCUT2D eigenvalue weighted by Crippen LogP contribution is -2.29. The molecule has 0 spiro atoms. The van der Waals surface area contributed by atoms with Crippen LogP contribution in [0.3, 0.4) is 0 Å². The number of rotatable bonds is 1. The van der Waals surface area contributed by atoms with Crippen molar-refractivity contribution in [1.29, 1.82) is 0 Å². The monoisotopic (exact) mass is 220 g/mol. The summed E-state index contributed by atoms with van der Waals surface area (Å²) in [7, 11) is 0. The van der Waals surface area contributed by atoms with Crippen molar-refractivity contribution in [1.82, 2.24) is 15.3 Å². The molecule has 3 heterocycles. The second-order valence-corrected chi connectivity index (χ2v) is 4.23. The van der Waals surface area contributed by atoms with E-state index in [0.717, 1.165) is 49.8 Å². The zero-order valence-corrected chi connectivity index (χ0v) is 9.28. The first-order valence-electron chi connectivity index (χ1n) is 5.82. The van der Waals surface area contributed by atoms with E-state index in [0.29, 0.717) is 13.2 Å². The SMILES string of the molecule is c1nc(N2CCCNCC2)nc2c1COC2. The van der Waals surface area contributed by atoms with Gasteiger partial charge >= 0.3 is 0 Å². The van der Waals surface area contributed by atoms with Gasteiger partial charge in [-0.1, -0.05) is 0 Å². The molecular weight excluding hydrogens is 204 g/mol. The van der Waals surface area contributed by atoms with Crippen LogP contribution in [0.1, 0.15) is 17.7 Å². The molecule has 1 fully saturated rings. The van der Waals surface area contributed by atoms with E-state index >= 15 is 0 Å². The Morgan fingerprint density at radius 2 is 2.25 bits per heavy atom. The Kier molecular flexibility index (Phi) is 2.71. The van der Waals surface area contributed by atoms with Crippen molar-refractivity contribution in [2.75, 3.05) is 31.1 Å². The largest absolute Gasteiger partial charge is 0.370 e. The molecule has 86 valence electrons. The number of nitrogens with one attached hydrogen (secondary N) is 1. The summed E-state index contributed by atoms with van der Waals surface area (Å²) in [6.45, 7) is 5.42. The minimum atomic E-state index is 0.636. The van der Waals surface area contributed by atoms with Crippen molar-refractivity contribution < 1.29 is 4.74 Å². The van der Waals surface area contributed by atoms with Gasteiger partial charge in [-0.05, 0) is 13.0 Å². The fraction of sp³-hybridized carbons (Fsp3) is 0.636. The Balaban J connectivity index is 1.82. The third kappa shape index (κ3) is 1.88. The highest BCUT2D eigenvalue weighted by molar-refractivity contribution is 5.34. The topological polar surface area (TPSA) is 50.3 Å². The van der Waals surface area contributed by atoms with Gasteiger partial charge in [0.15, 0.2) is 0 Å². The predicted molar refractivity (Wildman–Crippen MR) is 60.2 cm³/mol. The van der Waals surface area contributed by atoms with Gasteiger partial charge in [0.05, 0.1) is 18.9 Å². The summed E-state index contributed by atoms with van der Waals surface area (Å²) in [4.78, 5) is 11.3. The van der Waals surface area contributed by atoms with Gasteiger partial charge in [0.2, 0.25) is 5.95 Å². The van der Waals surface area contributed by atoms with Crippen LogP contribution in [0.15, 0.2) is 6.20 Å². The van der Waals surface area contributed by atoms with E-state index in [9.17, 15) is 0 Å². The zero-order valence-electron chi connectivity index (χ0n) is 9.28. The number of anilines is 1.